The summed E-state index contributed by atoms with van der Waals surface area (Å²) in [6, 6.07) is 1.77. The maximum atomic E-state index is 11.2. The van der Waals surface area contributed by atoms with Gasteiger partial charge in [-0.05, 0) is 25.5 Å². The van der Waals surface area contributed by atoms with E-state index in [1.165, 1.54) is 6.92 Å². The number of hydrogen-bond acceptors (Lipinski definition) is 3. The van der Waals surface area contributed by atoms with Gasteiger partial charge >= 0.3 is 0 Å². The highest BCUT2D eigenvalue weighted by atomic mass is 16.1. The molecule has 2 aromatic heterocycles. The lowest BCUT2D eigenvalue weighted by atomic mass is 10.2. The number of rotatable bonds is 1. The molecule has 0 atom stereocenters. The number of aryl methyl sites for hydroxylation is 2. The first kappa shape index (κ1) is 8.87. The van der Waals surface area contributed by atoms with Crippen LogP contribution in [0.5, 0.6) is 0 Å². The van der Waals surface area contributed by atoms with Gasteiger partial charge in [-0.15, -0.1) is 0 Å². The normalized spacial score (nSPS) is 10.8. The van der Waals surface area contributed by atoms with Crippen molar-refractivity contribution in [3.8, 4) is 0 Å². The first-order valence-electron chi connectivity index (χ1n) is 4.42. The first-order chi connectivity index (χ1) is 6.58. The molecule has 2 aromatic rings. The van der Waals surface area contributed by atoms with E-state index in [2.05, 4.69) is 10.1 Å². The summed E-state index contributed by atoms with van der Waals surface area (Å²) >= 11 is 0. The van der Waals surface area contributed by atoms with E-state index < -0.39 is 0 Å². The largest absolute Gasteiger partial charge is 0.293 e. The van der Waals surface area contributed by atoms with Gasteiger partial charge < -0.3 is 0 Å². The Bertz CT molecular complexity index is 513. The van der Waals surface area contributed by atoms with Crippen LogP contribution in [0.2, 0.25) is 0 Å². The summed E-state index contributed by atoms with van der Waals surface area (Å²) in [7, 11) is 0. The fourth-order valence-corrected chi connectivity index (χ4v) is 1.42. The standard InChI is InChI=1S/C10H11N3O/c1-6-4-9(8(3)14)12-13-5-7(2)11-10(6)13/h4-5H,1-3H3. The molecular formula is C10H11N3O. The van der Waals surface area contributed by atoms with Crippen LogP contribution in [-0.2, 0) is 0 Å². The SMILES string of the molecule is CC(=O)c1cc(C)c2nc(C)cn2n1. The zero-order chi connectivity index (χ0) is 10.3. The molecule has 0 aliphatic rings. The van der Waals surface area contributed by atoms with Crippen molar-refractivity contribution < 1.29 is 4.79 Å². The number of carbonyl (C=O) groups excluding carboxylic acids is 1. The highest BCUT2D eigenvalue weighted by Crippen LogP contribution is 2.10. The van der Waals surface area contributed by atoms with Crippen molar-refractivity contribution in [3.05, 3.63) is 29.2 Å². The molecule has 2 heterocycles. The molecule has 0 aliphatic carbocycles. The van der Waals surface area contributed by atoms with Crippen LogP contribution < -0.4 is 0 Å². The number of ketones is 1. The van der Waals surface area contributed by atoms with E-state index in [0.29, 0.717) is 5.69 Å². The van der Waals surface area contributed by atoms with Crippen LogP contribution in [0.25, 0.3) is 5.65 Å². The lowest BCUT2D eigenvalue weighted by Crippen LogP contribution is -2.03. The second kappa shape index (κ2) is 2.90. The highest BCUT2D eigenvalue weighted by Gasteiger charge is 2.07. The fraction of sp³-hybridized carbons (Fsp3) is 0.300. The number of carbonyl (C=O) groups is 1. The van der Waals surface area contributed by atoms with Gasteiger partial charge in [0.2, 0.25) is 0 Å². The summed E-state index contributed by atoms with van der Waals surface area (Å²) < 4.78 is 1.65. The van der Waals surface area contributed by atoms with E-state index in [9.17, 15) is 4.79 Å². The Kier molecular flexibility index (Phi) is 1.84. The average molecular weight is 189 g/mol. The smallest absolute Gasteiger partial charge is 0.179 e. The molecule has 4 nitrogen and oxygen atoms in total. The van der Waals surface area contributed by atoms with Gasteiger partial charge in [-0.25, -0.2) is 9.50 Å². The summed E-state index contributed by atoms with van der Waals surface area (Å²) in [5.41, 5.74) is 3.17. The first-order valence-corrected chi connectivity index (χ1v) is 4.42. The molecule has 0 radical (unpaired) electrons. The van der Waals surface area contributed by atoms with Gasteiger partial charge in [0, 0.05) is 6.92 Å². The zero-order valence-electron chi connectivity index (χ0n) is 8.40. The van der Waals surface area contributed by atoms with Crippen LogP contribution in [-0.4, -0.2) is 20.4 Å². The van der Waals surface area contributed by atoms with Crippen molar-refractivity contribution in [2.75, 3.05) is 0 Å². The summed E-state index contributed by atoms with van der Waals surface area (Å²) in [5, 5.41) is 4.16. The van der Waals surface area contributed by atoms with E-state index in [-0.39, 0.29) is 5.78 Å². The molecule has 0 fully saturated rings. The van der Waals surface area contributed by atoms with Crippen LogP contribution in [0.4, 0.5) is 0 Å². The van der Waals surface area contributed by atoms with Crippen LogP contribution in [0, 0.1) is 13.8 Å². The summed E-state index contributed by atoms with van der Waals surface area (Å²) in [5.74, 6) is -0.0265. The van der Waals surface area contributed by atoms with Crippen molar-refractivity contribution in [1.29, 1.82) is 0 Å². The molecule has 0 aliphatic heterocycles. The molecule has 0 bridgehead atoms. The van der Waals surface area contributed by atoms with Crippen LogP contribution in [0.1, 0.15) is 28.7 Å². The molecule has 0 unspecified atom stereocenters. The summed E-state index contributed by atoms with van der Waals surface area (Å²) in [6.07, 6.45) is 1.81. The van der Waals surface area contributed by atoms with Gasteiger partial charge in [0.05, 0.1) is 11.9 Å². The molecule has 72 valence electrons. The molecule has 0 N–H and O–H groups in total. The molecule has 0 spiro atoms. The topological polar surface area (TPSA) is 47.3 Å². The van der Waals surface area contributed by atoms with E-state index in [0.717, 1.165) is 16.9 Å². The fourth-order valence-electron chi connectivity index (χ4n) is 1.42. The minimum Gasteiger partial charge on any atom is -0.293 e. The number of fused-ring (bicyclic) bond motifs is 1. The highest BCUT2D eigenvalue weighted by molar-refractivity contribution is 5.92. The molecule has 0 saturated carbocycles. The van der Waals surface area contributed by atoms with Crippen molar-refractivity contribution in [3.63, 3.8) is 0 Å². The maximum Gasteiger partial charge on any atom is 0.179 e. The Balaban J connectivity index is 2.77. The molecule has 0 aromatic carbocycles. The molecule has 2 rings (SSSR count). The second-order valence-electron chi connectivity index (χ2n) is 3.42. The van der Waals surface area contributed by atoms with E-state index >= 15 is 0 Å². The van der Waals surface area contributed by atoms with Gasteiger partial charge in [0.1, 0.15) is 5.69 Å². The lowest BCUT2D eigenvalue weighted by molar-refractivity contribution is 0.101. The Labute approximate surface area is 81.6 Å². The molecule has 14 heavy (non-hydrogen) atoms. The van der Waals surface area contributed by atoms with Crippen molar-refractivity contribution in [1.82, 2.24) is 14.6 Å². The van der Waals surface area contributed by atoms with E-state index in [1.54, 1.807) is 10.6 Å². The molecular weight excluding hydrogens is 178 g/mol. The van der Waals surface area contributed by atoms with Crippen LogP contribution in [0.3, 0.4) is 0 Å². The predicted octanol–water partition coefficient (Wildman–Crippen LogP) is 1.55. The third-order valence-corrected chi connectivity index (χ3v) is 2.09. The second-order valence-corrected chi connectivity index (χ2v) is 3.42. The third-order valence-electron chi connectivity index (χ3n) is 2.09. The van der Waals surface area contributed by atoms with Crippen LogP contribution >= 0.6 is 0 Å². The van der Waals surface area contributed by atoms with Gasteiger partial charge in [-0.2, -0.15) is 5.10 Å². The van der Waals surface area contributed by atoms with E-state index in [4.69, 9.17) is 0 Å². The number of aromatic nitrogens is 3. The summed E-state index contributed by atoms with van der Waals surface area (Å²) in [6.45, 7) is 5.34. The minimum absolute atomic E-state index is 0.0265. The predicted molar refractivity (Wildman–Crippen MR) is 52.5 cm³/mol. The average Bonchev–Trinajstić information content (AvgIpc) is 2.45. The monoisotopic (exact) mass is 189 g/mol. The molecule has 4 heteroatoms. The molecule has 0 saturated heterocycles. The maximum absolute atomic E-state index is 11.2. The lowest BCUT2D eigenvalue weighted by Gasteiger charge is -1.99. The Morgan fingerprint density at radius 1 is 1.43 bits per heavy atom. The summed E-state index contributed by atoms with van der Waals surface area (Å²) in [4.78, 5) is 15.5. The van der Waals surface area contributed by atoms with Crippen molar-refractivity contribution in [2.24, 2.45) is 0 Å². The Morgan fingerprint density at radius 2 is 2.14 bits per heavy atom. The van der Waals surface area contributed by atoms with Gasteiger partial charge in [0.15, 0.2) is 11.4 Å². The van der Waals surface area contributed by atoms with Crippen molar-refractivity contribution >= 4 is 11.4 Å². The van der Waals surface area contributed by atoms with E-state index in [1.807, 2.05) is 20.0 Å². The molecule has 0 amide bonds. The van der Waals surface area contributed by atoms with Gasteiger partial charge in [-0.1, -0.05) is 0 Å². The van der Waals surface area contributed by atoms with Crippen LogP contribution in [0.15, 0.2) is 12.3 Å². The van der Waals surface area contributed by atoms with Gasteiger partial charge in [-0.3, -0.25) is 4.79 Å². The minimum atomic E-state index is -0.0265. The van der Waals surface area contributed by atoms with Crippen molar-refractivity contribution in [2.45, 2.75) is 20.8 Å². The quantitative estimate of drug-likeness (QED) is 0.639. The van der Waals surface area contributed by atoms with Gasteiger partial charge in [0.25, 0.3) is 0 Å². The number of imidazole rings is 1. The number of nitrogens with zero attached hydrogens (tertiary/aromatic N) is 3. The third kappa shape index (κ3) is 1.28. The Hall–Kier alpha value is -1.71. The Morgan fingerprint density at radius 3 is 2.79 bits per heavy atom. The number of hydrogen-bond donors (Lipinski definition) is 0. The number of Topliss-reactive ketones (excluding diaryl/α,β-unsaturated/α-hetero) is 1. The zero-order valence-corrected chi connectivity index (χ0v) is 8.40.